The Hall–Kier alpha value is -3.64. The number of aliphatic imine (C=N–C) groups is 1. The Kier molecular flexibility index (Phi) is 27.8. The summed E-state index contributed by atoms with van der Waals surface area (Å²) >= 11 is 6.20. The summed E-state index contributed by atoms with van der Waals surface area (Å²) in [6.07, 6.45) is 32.2. The van der Waals surface area contributed by atoms with Gasteiger partial charge in [-0.05, 0) is 166 Å². The third-order valence-corrected chi connectivity index (χ3v) is 22.6. The number of nitrogens with one attached hydrogen (secondary N) is 6. The lowest BCUT2D eigenvalue weighted by Crippen LogP contribution is -2.77. The van der Waals surface area contributed by atoms with E-state index in [9.17, 15) is 13.2 Å². The summed E-state index contributed by atoms with van der Waals surface area (Å²) in [4.78, 5) is 32.4. The van der Waals surface area contributed by atoms with Crippen molar-refractivity contribution in [3.05, 3.63) is 82.3 Å². The van der Waals surface area contributed by atoms with Gasteiger partial charge in [-0.15, -0.1) is 0 Å². The van der Waals surface area contributed by atoms with Crippen LogP contribution in [0.2, 0.25) is 5.02 Å². The summed E-state index contributed by atoms with van der Waals surface area (Å²) in [6, 6.07) is 6.29. The van der Waals surface area contributed by atoms with E-state index in [1.807, 2.05) is 24.7 Å². The number of halogens is 4. The molecule has 13 nitrogen and oxygen atoms in total. The maximum Gasteiger partial charge on any atom is 0.417 e. The van der Waals surface area contributed by atoms with Crippen LogP contribution in [-0.2, 0) is 17.4 Å². The number of carbonyl (C=O) groups excluding carboxylic acids is 1. The van der Waals surface area contributed by atoms with Crippen LogP contribution in [0.4, 0.5) is 13.2 Å². The number of hydrogen-bond acceptors (Lipinski definition) is 12. The fourth-order valence-corrected chi connectivity index (χ4v) is 16.8. The first-order valence-corrected chi connectivity index (χ1v) is 36.5. The minimum absolute atomic E-state index is 0.0112. The SMILES string of the molecule is CCCC1[C@H](C(=O)N2CCCCC2)C2CNC(C)[C@H](CC(C)C)NC[C@H]([C@@H](C)CC)NC(C)[C@H](C)N3CCCC3=CN(C)C(C3CCC3)=CN(C)C=CNC(CCc3ccc(C(F)(F)F)c(Cl)c3)=CC=NCCNCC3(CCCC3)NC(C)[C@H](C3CCCC3)N12. The van der Waals surface area contributed by atoms with E-state index >= 15 is 4.79 Å². The molecule has 1 amide bonds. The van der Waals surface area contributed by atoms with Gasteiger partial charge in [0, 0.05) is 174 Å². The second-order valence-corrected chi connectivity index (χ2v) is 29.7. The Morgan fingerprint density at radius 1 is 0.844 bits per heavy atom. The number of alkyl halides is 3. The van der Waals surface area contributed by atoms with Crippen molar-refractivity contribution in [1.82, 2.24) is 56.4 Å². The number of likely N-dealkylation sites (tertiary alicyclic amines) is 1. The molecule has 1 spiro atoms. The molecule has 3 saturated heterocycles. The predicted molar refractivity (Wildman–Crippen MR) is 368 cm³/mol. The van der Waals surface area contributed by atoms with Crippen LogP contribution in [0.1, 0.15) is 208 Å². The van der Waals surface area contributed by atoms with Crippen LogP contribution in [-0.4, -0.2) is 163 Å². The summed E-state index contributed by atoms with van der Waals surface area (Å²) < 4.78 is 41.0. The van der Waals surface area contributed by atoms with E-state index < -0.39 is 11.7 Å². The lowest BCUT2D eigenvalue weighted by Gasteiger charge is -2.61. The van der Waals surface area contributed by atoms with Gasteiger partial charge < -0.3 is 51.5 Å². The molecule has 8 rings (SSSR count). The molecular formula is C73H122ClF3N12O. The van der Waals surface area contributed by atoms with Gasteiger partial charge >= 0.3 is 6.18 Å². The van der Waals surface area contributed by atoms with Crippen molar-refractivity contribution in [3.63, 3.8) is 0 Å². The van der Waals surface area contributed by atoms with Gasteiger partial charge in [0.25, 0.3) is 0 Å². The molecule has 1 aromatic rings. The molecule has 3 aliphatic carbocycles. The van der Waals surface area contributed by atoms with Crippen molar-refractivity contribution < 1.29 is 18.0 Å². The van der Waals surface area contributed by atoms with Crippen molar-refractivity contribution >= 4 is 23.7 Å². The van der Waals surface area contributed by atoms with E-state index in [4.69, 9.17) is 16.6 Å². The standard InChI is InChI=1S/C73H122ClF3N12O/c1-12-23-66-69(71(90)87-40-19-14-20-41-87)67-47-81-54(7)64(44-51(3)4)82-46-65(52(5)13-2)83-53(6)56(9)88-42-22-28-61(88)48-86(11)68(58-26-21-27-58)49-85(10)43-39-80-60(31-29-57-30-32-62(63(74)45-57)73(75,76)77)33-36-78-37-38-79-50-72(34-17-18-35-72)84-55(8)70(89(66)67)59-24-15-16-25-59/h30,32-33,36,39,43,45,48-49,51-56,58-59,64-67,69-70,79-84H,12-29,31,34-35,37-38,40-42,44,46-47,50H2,1-11H3/t52-,53?,54?,55?,56-,64-,65+,66?,67?,69-,70+/m0/s1. The maximum absolute atomic E-state index is 15.2. The molecule has 4 heterocycles. The van der Waals surface area contributed by atoms with Crippen molar-refractivity contribution in [2.75, 3.05) is 66.5 Å². The number of hydrogen-bond donors (Lipinski definition) is 6. The fourth-order valence-electron chi connectivity index (χ4n) is 16.5. The molecule has 0 aromatic heterocycles. The number of benzene rings is 1. The highest BCUT2D eigenvalue weighted by molar-refractivity contribution is 6.31. The fraction of sp³-hybridized carbons (Fsp3) is 0.781. The molecule has 508 valence electrons. The molecule has 1 aromatic carbocycles. The molecule has 0 bridgehead atoms. The van der Waals surface area contributed by atoms with Gasteiger partial charge in [-0.25, -0.2) is 0 Å². The van der Waals surface area contributed by atoms with E-state index in [0.29, 0.717) is 67.1 Å². The van der Waals surface area contributed by atoms with Crippen LogP contribution in [0.25, 0.3) is 0 Å². The molecule has 90 heavy (non-hydrogen) atoms. The van der Waals surface area contributed by atoms with Gasteiger partial charge in [-0.1, -0.05) is 97.2 Å². The summed E-state index contributed by atoms with van der Waals surface area (Å²) in [5.74, 6) is 2.46. The first-order chi connectivity index (χ1) is 43.2. The number of aryl methyl sites for hydroxylation is 1. The Balaban J connectivity index is 1.10. The van der Waals surface area contributed by atoms with Crippen LogP contribution in [0.15, 0.2) is 71.2 Å². The highest BCUT2D eigenvalue weighted by atomic mass is 35.5. The van der Waals surface area contributed by atoms with Crippen molar-refractivity contribution in [2.24, 2.45) is 34.6 Å². The van der Waals surface area contributed by atoms with Crippen molar-refractivity contribution in [3.8, 4) is 0 Å². The summed E-state index contributed by atoms with van der Waals surface area (Å²) in [5, 5.41) is 24.2. The first-order valence-electron chi connectivity index (χ1n) is 36.1. The minimum atomic E-state index is -4.51. The number of carbonyl (C=O) groups is 1. The van der Waals surface area contributed by atoms with E-state index in [1.165, 1.54) is 87.7 Å². The topological polar surface area (TPSA) is 118 Å². The van der Waals surface area contributed by atoms with Crippen LogP contribution < -0.4 is 31.9 Å². The molecule has 7 aliphatic rings. The highest BCUT2D eigenvalue weighted by Crippen LogP contribution is 2.46. The van der Waals surface area contributed by atoms with Crippen LogP contribution in [0.5, 0.6) is 0 Å². The average Bonchev–Trinajstić information content (AvgIpc) is 0.933. The normalized spacial score (nSPS) is 30.6. The van der Waals surface area contributed by atoms with Gasteiger partial charge in [-0.2, -0.15) is 13.2 Å². The number of piperidine rings is 1. The Morgan fingerprint density at radius 2 is 1.59 bits per heavy atom. The van der Waals surface area contributed by atoms with E-state index in [2.05, 4.69) is 145 Å². The van der Waals surface area contributed by atoms with E-state index in [-0.39, 0.29) is 52.7 Å². The summed E-state index contributed by atoms with van der Waals surface area (Å²) in [7, 11) is 4.30. The quantitative estimate of drug-likeness (QED) is 0.120. The molecular weight excluding hydrogens is 1150 g/mol. The zero-order valence-electron chi connectivity index (χ0n) is 57.6. The molecule has 17 heteroatoms. The number of fused-ring (bicyclic) bond motifs is 2. The Morgan fingerprint density at radius 3 is 2.26 bits per heavy atom. The lowest BCUT2D eigenvalue weighted by atomic mass is 9.71. The van der Waals surface area contributed by atoms with Crippen LogP contribution in [0, 0.1) is 29.6 Å². The maximum atomic E-state index is 15.2. The summed E-state index contributed by atoms with van der Waals surface area (Å²) in [6.45, 7) is 28.3. The largest absolute Gasteiger partial charge is 0.417 e. The smallest absolute Gasteiger partial charge is 0.369 e. The van der Waals surface area contributed by atoms with Gasteiger partial charge in [0.05, 0.1) is 23.0 Å². The lowest BCUT2D eigenvalue weighted by molar-refractivity contribution is -0.165. The van der Waals surface area contributed by atoms with Gasteiger partial charge in [-0.3, -0.25) is 14.7 Å². The second kappa shape index (κ2) is 34.7. The molecule has 4 aliphatic heterocycles. The third kappa shape index (κ3) is 19.5. The predicted octanol–water partition coefficient (Wildman–Crippen LogP) is 13.4. The average molecular weight is 1280 g/mol. The molecule has 6 N–H and O–H groups in total. The number of allylic oxidation sites excluding steroid dienone is 4. The number of amides is 1. The molecule has 11 atom stereocenters. The van der Waals surface area contributed by atoms with Crippen LogP contribution in [0.3, 0.4) is 0 Å². The Bertz CT molecular complexity index is 2520. The van der Waals surface area contributed by atoms with Crippen molar-refractivity contribution in [1.29, 1.82) is 0 Å². The van der Waals surface area contributed by atoms with Crippen LogP contribution >= 0.6 is 11.6 Å². The number of rotatable bonds is 12. The number of nitrogens with zero attached hydrogens (tertiary/aromatic N) is 6. The first kappa shape index (κ1) is 72.2. The van der Waals surface area contributed by atoms with E-state index in [1.54, 1.807) is 0 Å². The van der Waals surface area contributed by atoms with Gasteiger partial charge in [0.1, 0.15) is 0 Å². The minimum Gasteiger partial charge on any atom is -0.369 e. The van der Waals surface area contributed by atoms with Crippen molar-refractivity contribution in [2.45, 2.75) is 270 Å². The van der Waals surface area contributed by atoms with Gasteiger partial charge in [0.2, 0.25) is 5.91 Å². The zero-order chi connectivity index (χ0) is 64.5. The molecule has 3 saturated carbocycles. The molecule has 6 fully saturated rings. The molecule has 5 unspecified atom stereocenters. The second-order valence-electron chi connectivity index (χ2n) is 29.3. The van der Waals surface area contributed by atoms with E-state index in [0.717, 1.165) is 127 Å². The zero-order valence-corrected chi connectivity index (χ0v) is 58.4. The van der Waals surface area contributed by atoms with Gasteiger partial charge in [0.15, 0.2) is 0 Å². The summed E-state index contributed by atoms with van der Waals surface area (Å²) in [5.41, 5.74) is 3.48. The Labute approximate surface area is 548 Å². The monoisotopic (exact) mass is 1270 g/mol. The third-order valence-electron chi connectivity index (χ3n) is 22.2. The molecule has 0 radical (unpaired) electrons. The highest BCUT2D eigenvalue weighted by Gasteiger charge is 2.57.